The number of aryl methyl sites for hydroxylation is 1. The highest BCUT2D eigenvalue weighted by atomic mass is 16.3. The Labute approximate surface area is 97.4 Å². The van der Waals surface area contributed by atoms with E-state index < -0.39 is 0 Å². The smallest absolute Gasteiger partial charge is 0.131 e. The first-order valence-electron chi connectivity index (χ1n) is 5.54. The van der Waals surface area contributed by atoms with Crippen LogP contribution >= 0.6 is 0 Å². The third-order valence-electron chi connectivity index (χ3n) is 2.43. The van der Waals surface area contributed by atoms with E-state index in [2.05, 4.69) is 23.4 Å². The third kappa shape index (κ3) is 3.07. The molecule has 0 aliphatic heterocycles. The summed E-state index contributed by atoms with van der Waals surface area (Å²) in [5.41, 5.74) is 3.07. The van der Waals surface area contributed by atoms with E-state index in [1.807, 2.05) is 19.9 Å². The van der Waals surface area contributed by atoms with Crippen molar-refractivity contribution in [3.05, 3.63) is 35.5 Å². The Bertz CT molecular complexity index is 374. The first-order valence-corrected chi connectivity index (χ1v) is 5.54. The lowest BCUT2D eigenvalue weighted by Gasteiger charge is -2.24. The Kier molecular flexibility index (Phi) is 4.50. The number of pyridine rings is 1. The lowest BCUT2D eigenvalue weighted by molar-refractivity contribution is 0.281. The summed E-state index contributed by atoms with van der Waals surface area (Å²) in [6, 6.07) is 1.98. The Hall–Kier alpha value is -1.35. The van der Waals surface area contributed by atoms with Crippen molar-refractivity contribution in [2.45, 2.75) is 27.4 Å². The molecule has 0 saturated carbocycles. The van der Waals surface area contributed by atoms with Crippen LogP contribution in [-0.2, 0) is 6.61 Å². The van der Waals surface area contributed by atoms with E-state index in [1.165, 1.54) is 0 Å². The normalized spacial score (nSPS) is 10.2. The van der Waals surface area contributed by atoms with E-state index in [4.69, 9.17) is 5.11 Å². The second-order valence-electron chi connectivity index (χ2n) is 4.11. The quantitative estimate of drug-likeness (QED) is 0.773. The van der Waals surface area contributed by atoms with Gasteiger partial charge in [-0.3, -0.25) is 0 Å². The number of aliphatic hydroxyl groups excluding tert-OH is 1. The first kappa shape index (κ1) is 12.7. The fraction of sp³-hybridized carbons (Fsp3) is 0.462. The largest absolute Gasteiger partial charge is 0.392 e. The van der Waals surface area contributed by atoms with E-state index in [9.17, 15) is 0 Å². The van der Waals surface area contributed by atoms with Gasteiger partial charge in [-0.15, -0.1) is 0 Å². The van der Waals surface area contributed by atoms with Crippen LogP contribution in [0.15, 0.2) is 24.4 Å². The molecule has 88 valence electrons. The molecule has 0 aromatic carbocycles. The van der Waals surface area contributed by atoms with Crippen LogP contribution < -0.4 is 4.90 Å². The standard InChI is InChI=1S/C13H20N2O/c1-5-15(8-10(2)3)13-11(4)6-12(9-16)7-14-13/h6-7,16H,2,5,8-9H2,1,3-4H3. The monoisotopic (exact) mass is 220 g/mol. The van der Waals surface area contributed by atoms with Gasteiger partial charge in [0.2, 0.25) is 0 Å². The molecular weight excluding hydrogens is 200 g/mol. The molecule has 1 aromatic rings. The van der Waals surface area contributed by atoms with Gasteiger partial charge in [-0.1, -0.05) is 12.2 Å². The summed E-state index contributed by atoms with van der Waals surface area (Å²) in [5.74, 6) is 0.975. The van der Waals surface area contributed by atoms with Crippen LogP contribution in [0, 0.1) is 6.92 Å². The molecule has 0 amide bonds. The van der Waals surface area contributed by atoms with Crippen molar-refractivity contribution in [3.63, 3.8) is 0 Å². The number of hydrogen-bond donors (Lipinski definition) is 1. The Morgan fingerprint density at radius 1 is 1.56 bits per heavy atom. The summed E-state index contributed by atoms with van der Waals surface area (Å²) in [6.45, 7) is 11.8. The minimum absolute atomic E-state index is 0.0424. The van der Waals surface area contributed by atoms with Gasteiger partial charge in [-0.25, -0.2) is 4.98 Å². The Morgan fingerprint density at radius 2 is 2.25 bits per heavy atom. The molecule has 16 heavy (non-hydrogen) atoms. The molecule has 1 aromatic heterocycles. The molecule has 1 rings (SSSR count). The van der Waals surface area contributed by atoms with Crippen LogP contribution in [0.25, 0.3) is 0 Å². The number of hydrogen-bond acceptors (Lipinski definition) is 3. The zero-order valence-corrected chi connectivity index (χ0v) is 10.3. The first-order chi connectivity index (χ1) is 7.58. The van der Waals surface area contributed by atoms with Gasteiger partial charge >= 0.3 is 0 Å². The highest BCUT2D eigenvalue weighted by Gasteiger charge is 2.09. The molecular formula is C13H20N2O. The SMILES string of the molecule is C=C(C)CN(CC)c1ncc(CO)cc1C. The lowest BCUT2D eigenvalue weighted by atomic mass is 10.2. The average molecular weight is 220 g/mol. The van der Waals surface area contributed by atoms with Crippen molar-refractivity contribution < 1.29 is 5.11 Å². The Morgan fingerprint density at radius 3 is 2.69 bits per heavy atom. The molecule has 3 nitrogen and oxygen atoms in total. The van der Waals surface area contributed by atoms with Crippen molar-refractivity contribution in [2.75, 3.05) is 18.0 Å². The van der Waals surface area contributed by atoms with E-state index in [-0.39, 0.29) is 6.61 Å². The molecule has 1 N–H and O–H groups in total. The fourth-order valence-corrected chi connectivity index (χ4v) is 1.71. The molecule has 1 heterocycles. The zero-order valence-electron chi connectivity index (χ0n) is 10.3. The van der Waals surface area contributed by atoms with Crippen molar-refractivity contribution >= 4 is 5.82 Å². The second kappa shape index (κ2) is 5.66. The minimum atomic E-state index is 0.0424. The molecule has 3 heteroatoms. The molecule has 0 aliphatic rings. The number of rotatable bonds is 5. The van der Waals surface area contributed by atoms with Gasteiger partial charge in [-0.05, 0) is 38.0 Å². The summed E-state index contributed by atoms with van der Waals surface area (Å²) in [4.78, 5) is 6.58. The predicted octanol–water partition coefficient (Wildman–Crippen LogP) is 2.28. The number of likely N-dealkylation sites (N-methyl/N-ethyl adjacent to an activating group) is 1. The summed E-state index contributed by atoms with van der Waals surface area (Å²) in [5, 5.41) is 9.03. The zero-order chi connectivity index (χ0) is 12.1. The van der Waals surface area contributed by atoms with Gasteiger partial charge < -0.3 is 10.0 Å². The van der Waals surface area contributed by atoms with E-state index >= 15 is 0 Å². The van der Waals surface area contributed by atoms with Gasteiger partial charge in [0, 0.05) is 19.3 Å². The highest BCUT2D eigenvalue weighted by molar-refractivity contribution is 5.48. The van der Waals surface area contributed by atoms with Crippen LogP contribution in [0.1, 0.15) is 25.0 Å². The Balaban J connectivity index is 2.96. The maximum absolute atomic E-state index is 9.03. The van der Waals surface area contributed by atoms with Crippen LogP contribution in [-0.4, -0.2) is 23.2 Å². The molecule has 0 radical (unpaired) electrons. The minimum Gasteiger partial charge on any atom is -0.392 e. The van der Waals surface area contributed by atoms with Gasteiger partial charge in [0.05, 0.1) is 6.61 Å². The topological polar surface area (TPSA) is 36.4 Å². The summed E-state index contributed by atoms with van der Waals surface area (Å²) in [7, 11) is 0. The summed E-state index contributed by atoms with van der Waals surface area (Å²) >= 11 is 0. The van der Waals surface area contributed by atoms with Crippen LogP contribution in [0.4, 0.5) is 5.82 Å². The van der Waals surface area contributed by atoms with Crippen molar-refractivity contribution in [2.24, 2.45) is 0 Å². The van der Waals surface area contributed by atoms with Gasteiger partial charge in [0.15, 0.2) is 0 Å². The molecule has 0 spiro atoms. The third-order valence-corrected chi connectivity index (χ3v) is 2.43. The van der Waals surface area contributed by atoms with Crippen LogP contribution in [0.2, 0.25) is 0 Å². The van der Waals surface area contributed by atoms with E-state index in [0.717, 1.165) is 35.6 Å². The molecule has 0 unspecified atom stereocenters. The molecule has 0 fully saturated rings. The number of aliphatic hydroxyl groups is 1. The summed E-state index contributed by atoms with van der Waals surface area (Å²) in [6.07, 6.45) is 1.73. The predicted molar refractivity (Wildman–Crippen MR) is 67.6 cm³/mol. The molecule has 0 saturated heterocycles. The lowest BCUT2D eigenvalue weighted by Crippen LogP contribution is -2.26. The average Bonchev–Trinajstić information content (AvgIpc) is 2.25. The van der Waals surface area contributed by atoms with Crippen molar-refractivity contribution in [1.82, 2.24) is 4.98 Å². The highest BCUT2D eigenvalue weighted by Crippen LogP contribution is 2.18. The van der Waals surface area contributed by atoms with Gasteiger partial charge in [-0.2, -0.15) is 0 Å². The molecule has 0 aliphatic carbocycles. The molecule has 0 atom stereocenters. The fourth-order valence-electron chi connectivity index (χ4n) is 1.71. The number of anilines is 1. The second-order valence-corrected chi connectivity index (χ2v) is 4.11. The van der Waals surface area contributed by atoms with Crippen LogP contribution in [0.5, 0.6) is 0 Å². The van der Waals surface area contributed by atoms with Crippen molar-refractivity contribution in [1.29, 1.82) is 0 Å². The van der Waals surface area contributed by atoms with E-state index in [1.54, 1.807) is 6.20 Å². The van der Waals surface area contributed by atoms with Gasteiger partial charge in [0.25, 0.3) is 0 Å². The number of nitrogens with zero attached hydrogens (tertiary/aromatic N) is 2. The van der Waals surface area contributed by atoms with Crippen LogP contribution in [0.3, 0.4) is 0 Å². The number of aromatic nitrogens is 1. The maximum atomic E-state index is 9.03. The summed E-state index contributed by atoms with van der Waals surface area (Å²) < 4.78 is 0. The maximum Gasteiger partial charge on any atom is 0.131 e. The van der Waals surface area contributed by atoms with E-state index in [0.29, 0.717) is 0 Å². The molecule has 0 bridgehead atoms. The van der Waals surface area contributed by atoms with Crippen molar-refractivity contribution in [3.8, 4) is 0 Å². The van der Waals surface area contributed by atoms with Gasteiger partial charge in [0.1, 0.15) is 5.82 Å².